The molecular weight excluding hydrogens is 312 g/mol. The molecule has 1 aromatic carbocycles. The van der Waals surface area contributed by atoms with Gasteiger partial charge in [0.2, 0.25) is 0 Å². The molecule has 9 heteroatoms. The van der Waals surface area contributed by atoms with Crippen molar-refractivity contribution in [3.8, 4) is 0 Å². The number of fused-ring (bicyclic) bond motifs is 1. The average Bonchev–Trinajstić information content (AvgIpc) is 3.07. The van der Waals surface area contributed by atoms with Crippen LogP contribution >= 0.6 is 11.6 Å². The van der Waals surface area contributed by atoms with E-state index < -0.39 is 5.97 Å². The number of anilines is 2. The van der Waals surface area contributed by atoms with E-state index in [0.717, 1.165) is 5.56 Å². The molecule has 0 unspecified atom stereocenters. The molecule has 3 rings (SSSR count). The van der Waals surface area contributed by atoms with E-state index in [1.807, 2.05) is 6.92 Å². The Morgan fingerprint density at radius 3 is 2.91 bits per heavy atom. The van der Waals surface area contributed by atoms with Crippen molar-refractivity contribution in [3.05, 3.63) is 28.6 Å². The summed E-state index contributed by atoms with van der Waals surface area (Å²) in [5, 5.41) is 10.5. The maximum atomic E-state index is 11.4. The monoisotopic (exact) mass is 322 g/mol. The number of hydrogen-bond donors (Lipinski definition) is 1. The highest BCUT2D eigenvalue weighted by molar-refractivity contribution is 6.32. The predicted molar refractivity (Wildman–Crippen MR) is 77.3 cm³/mol. The van der Waals surface area contributed by atoms with Crippen molar-refractivity contribution in [2.24, 2.45) is 0 Å². The highest BCUT2D eigenvalue weighted by Gasteiger charge is 2.17. The van der Waals surface area contributed by atoms with Gasteiger partial charge < -0.3 is 13.6 Å². The van der Waals surface area contributed by atoms with E-state index in [1.54, 1.807) is 19.1 Å². The number of benzene rings is 1. The average molecular weight is 323 g/mol. The van der Waals surface area contributed by atoms with Gasteiger partial charge in [-0.3, -0.25) is 5.32 Å². The van der Waals surface area contributed by atoms with E-state index in [0.29, 0.717) is 16.1 Å². The van der Waals surface area contributed by atoms with Crippen LogP contribution in [-0.2, 0) is 4.74 Å². The molecule has 0 amide bonds. The van der Waals surface area contributed by atoms with Crippen molar-refractivity contribution in [2.75, 3.05) is 11.9 Å². The third-order valence-corrected chi connectivity index (χ3v) is 3.16. The second-order valence-electron chi connectivity index (χ2n) is 4.35. The summed E-state index contributed by atoms with van der Waals surface area (Å²) in [4.78, 5) is 15.6. The van der Waals surface area contributed by atoms with Crippen LogP contribution in [-0.4, -0.2) is 27.8 Å². The first-order valence-corrected chi connectivity index (χ1v) is 6.79. The summed E-state index contributed by atoms with van der Waals surface area (Å²) in [6.45, 7) is 3.77. The van der Waals surface area contributed by atoms with E-state index in [2.05, 4.69) is 20.5 Å². The number of esters is 1. The van der Waals surface area contributed by atoms with Crippen molar-refractivity contribution in [1.82, 2.24) is 15.2 Å². The minimum absolute atomic E-state index is 0.0302. The van der Waals surface area contributed by atoms with E-state index in [9.17, 15) is 4.79 Å². The van der Waals surface area contributed by atoms with Gasteiger partial charge in [0.15, 0.2) is 5.58 Å². The van der Waals surface area contributed by atoms with Gasteiger partial charge >= 0.3 is 23.9 Å². The second-order valence-corrected chi connectivity index (χ2v) is 4.75. The molecule has 3 aromatic rings. The van der Waals surface area contributed by atoms with Crippen LogP contribution in [0.4, 0.5) is 12.0 Å². The number of carbonyl (C=O) groups excluding carboxylic acids is 1. The van der Waals surface area contributed by atoms with Crippen molar-refractivity contribution >= 4 is 40.7 Å². The van der Waals surface area contributed by atoms with Gasteiger partial charge in [-0.1, -0.05) is 21.8 Å². The third kappa shape index (κ3) is 2.73. The van der Waals surface area contributed by atoms with Gasteiger partial charge in [-0.05, 0) is 25.5 Å². The van der Waals surface area contributed by atoms with Gasteiger partial charge in [0.25, 0.3) is 0 Å². The number of halogens is 1. The first-order valence-electron chi connectivity index (χ1n) is 6.41. The predicted octanol–water partition coefficient (Wildman–Crippen LogP) is 3.09. The van der Waals surface area contributed by atoms with E-state index >= 15 is 0 Å². The van der Waals surface area contributed by atoms with Crippen molar-refractivity contribution in [3.63, 3.8) is 0 Å². The van der Waals surface area contributed by atoms with Gasteiger partial charge in [-0.15, -0.1) is 0 Å². The van der Waals surface area contributed by atoms with Gasteiger partial charge in [-0.25, -0.2) is 4.79 Å². The number of carbonyl (C=O) groups is 1. The van der Waals surface area contributed by atoms with Crippen molar-refractivity contribution in [1.29, 1.82) is 0 Å². The summed E-state index contributed by atoms with van der Waals surface area (Å²) >= 11 is 6.02. The topological polar surface area (TPSA) is 103 Å². The summed E-state index contributed by atoms with van der Waals surface area (Å²) in [6, 6.07) is 3.58. The largest absolute Gasteiger partial charge is 0.459 e. The van der Waals surface area contributed by atoms with Crippen LogP contribution in [0.2, 0.25) is 5.02 Å². The Balaban J connectivity index is 1.82. The van der Waals surface area contributed by atoms with Gasteiger partial charge in [-0.2, -0.15) is 4.98 Å². The molecule has 0 bridgehead atoms. The molecule has 0 atom stereocenters. The molecule has 0 saturated heterocycles. The molecule has 0 aliphatic heterocycles. The van der Waals surface area contributed by atoms with Gasteiger partial charge in [0.1, 0.15) is 5.52 Å². The number of aromatic nitrogens is 3. The lowest BCUT2D eigenvalue weighted by Gasteiger charge is -1.95. The zero-order chi connectivity index (χ0) is 15.7. The van der Waals surface area contributed by atoms with E-state index in [1.165, 1.54) is 0 Å². The zero-order valence-corrected chi connectivity index (χ0v) is 12.5. The minimum atomic E-state index is -0.692. The highest BCUT2D eigenvalue weighted by Crippen LogP contribution is 2.26. The summed E-state index contributed by atoms with van der Waals surface area (Å²) in [5.41, 5.74) is 2.04. The fourth-order valence-electron chi connectivity index (χ4n) is 1.75. The maximum absolute atomic E-state index is 11.4. The Labute approximate surface area is 129 Å². The first kappa shape index (κ1) is 14.3. The Bertz CT molecular complexity index is 803. The van der Waals surface area contributed by atoms with Gasteiger partial charge in [0.05, 0.1) is 6.61 Å². The number of nitrogens with one attached hydrogen (secondary N) is 1. The van der Waals surface area contributed by atoms with Crippen LogP contribution < -0.4 is 5.32 Å². The van der Waals surface area contributed by atoms with E-state index in [4.69, 9.17) is 25.2 Å². The molecule has 2 aromatic heterocycles. The van der Waals surface area contributed by atoms with Crippen LogP contribution in [0.15, 0.2) is 21.0 Å². The summed E-state index contributed by atoms with van der Waals surface area (Å²) in [6.07, 6.45) is 0. The van der Waals surface area contributed by atoms with Crippen LogP contribution in [0.5, 0.6) is 0 Å². The van der Waals surface area contributed by atoms with Crippen molar-refractivity contribution < 1.29 is 18.4 Å². The third-order valence-electron chi connectivity index (χ3n) is 2.76. The fraction of sp³-hybridized carbons (Fsp3) is 0.231. The maximum Gasteiger partial charge on any atom is 0.396 e. The molecule has 0 fully saturated rings. The molecule has 0 aliphatic rings. The molecule has 0 aliphatic carbocycles. The molecule has 0 saturated carbocycles. The Hall–Kier alpha value is -2.61. The standard InChI is InChI=1S/C13H11ClN4O4/c1-3-20-11(19)10-17-18-13(22-10)16-12-15-8-4-6(2)7(14)5-9(8)21-12/h4-5H,3H2,1-2H3,(H,15,16,18). The highest BCUT2D eigenvalue weighted by atomic mass is 35.5. The number of ether oxygens (including phenoxy) is 1. The Kier molecular flexibility index (Phi) is 3.68. The summed E-state index contributed by atoms with van der Waals surface area (Å²) in [5.74, 6) is -0.942. The number of oxazole rings is 1. The van der Waals surface area contributed by atoms with Gasteiger partial charge in [0, 0.05) is 11.1 Å². The number of hydrogen-bond acceptors (Lipinski definition) is 8. The lowest BCUT2D eigenvalue weighted by Crippen LogP contribution is -2.04. The molecule has 0 radical (unpaired) electrons. The van der Waals surface area contributed by atoms with Crippen LogP contribution in [0, 0.1) is 6.92 Å². The van der Waals surface area contributed by atoms with Crippen LogP contribution in [0.25, 0.3) is 11.1 Å². The minimum Gasteiger partial charge on any atom is -0.459 e. The number of aryl methyl sites for hydroxylation is 1. The smallest absolute Gasteiger partial charge is 0.396 e. The molecule has 1 N–H and O–H groups in total. The molecular formula is C13H11ClN4O4. The van der Waals surface area contributed by atoms with Crippen molar-refractivity contribution in [2.45, 2.75) is 13.8 Å². The Morgan fingerprint density at radius 2 is 2.14 bits per heavy atom. The first-order chi connectivity index (χ1) is 10.6. The summed E-state index contributed by atoms with van der Waals surface area (Å²) in [7, 11) is 0. The Morgan fingerprint density at radius 1 is 1.32 bits per heavy atom. The quantitative estimate of drug-likeness (QED) is 0.731. The number of nitrogens with zero attached hydrogens (tertiary/aromatic N) is 3. The molecule has 22 heavy (non-hydrogen) atoms. The van der Waals surface area contributed by atoms with E-state index in [-0.39, 0.29) is 24.5 Å². The zero-order valence-electron chi connectivity index (χ0n) is 11.7. The lowest BCUT2D eigenvalue weighted by atomic mass is 10.2. The number of rotatable bonds is 4. The summed E-state index contributed by atoms with van der Waals surface area (Å²) < 4.78 is 15.3. The normalized spacial score (nSPS) is 10.9. The lowest BCUT2D eigenvalue weighted by molar-refractivity contribution is 0.0481. The van der Waals surface area contributed by atoms with Crippen LogP contribution in [0.1, 0.15) is 23.2 Å². The second kappa shape index (κ2) is 5.64. The fourth-order valence-corrected chi connectivity index (χ4v) is 1.90. The molecule has 114 valence electrons. The molecule has 2 heterocycles. The SMILES string of the molecule is CCOC(=O)c1nnc(Nc2nc3cc(C)c(Cl)cc3o2)o1. The molecule has 8 nitrogen and oxygen atoms in total. The molecule has 0 spiro atoms. The van der Waals surface area contributed by atoms with Crippen LogP contribution in [0.3, 0.4) is 0 Å².